The number of hydrogen-bond donors (Lipinski definition) is 2. The summed E-state index contributed by atoms with van der Waals surface area (Å²) in [5.74, 6) is -0.527. The highest BCUT2D eigenvalue weighted by atomic mass is 16.2. The van der Waals surface area contributed by atoms with Gasteiger partial charge >= 0.3 is 0 Å². The van der Waals surface area contributed by atoms with Crippen LogP contribution in [0, 0.1) is 0 Å². The maximum absolute atomic E-state index is 11.0. The van der Waals surface area contributed by atoms with Gasteiger partial charge in [0, 0.05) is 7.05 Å². The average molecular weight is 187 g/mol. The number of carbonyl (C=O) groups excluding carboxylic acids is 2. The number of rotatable bonds is 5. The van der Waals surface area contributed by atoms with Gasteiger partial charge in [-0.05, 0) is 13.5 Å². The zero-order valence-corrected chi connectivity index (χ0v) is 8.33. The Morgan fingerprint density at radius 1 is 1.54 bits per heavy atom. The van der Waals surface area contributed by atoms with Crippen molar-refractivity contribution in [3.63, 3.8) is 0 Å². The van der Waals surface area contributed by atoms with Crippen molar-refractivity contribution in [2.45, 2.75) is 19.9 Å². The smallest absolute Gasteiger partial charge is 0.234 e. The monoisotopic (exact) mass is 187 g/mol. The second kappa shape index (κ2) is 5.53. The third-order valence-electron chi connectivity index (χ3n) is 1.99. The predicted octanol–water partition coefficient (Wildman–Crippen LogP) is -1.07. The molecule has 76 valence electrons. The predicted molar refractivity (Wildman–Crippen MR) is 50.0 cm³/mol. The molecule has 0 saturated heterocycles. The first-order valence-electron chi connectivity index (χ1n) is 4.26. The number of likely N-dealkylation sites (N-methyl/N-ethyl adjacent to an activating group) is 2. The Hall–Kier alpha value is -1.10. The SMILES string of the molecule is CCN(CC(=O)NC)C(C)C(N)=O. The van der Waals surface area contributed by atoms with Gasteiger partial charge in [-0.3, -0.25) is 14.5 Å². The zero-order valence-electron chi connectivity index (χ0n) is 8.33. The minimum atomic E-state index is -0.411. The van der Waals surface area contributed by atoms with Crippen LogP contribution in [-0.4, -0.2) is 42.9 Å². The summed E-state index contributed by atoms with van der Waals surface area (Å²) in [6.07, 6.45) is 0. The summed E-state index contributed by atoms with van der Waals surface area (Å²) >= 11 is 0. The molecule has 0 spiro atoms. The standard InChI is InChI=1S/C8H17N3O2/c1-4-11(5-7(12)10-3)6(2)8(9)13/h6H,4-5H2,1-3H3,(H2,9,13)(H,10,12). The van der Waals surface area contributed by atoms with Gasteiger partial charge in [0.1, 0.15) is 0 Å². The molecule has 0 aromatic rings. The van der Waals surface area contributed by atoms with Gasteiger partial charge in [-0.1, -0.05) is 6.92 Å². The van der Waals surface area contributed by atoms with Crippen molar-refractivity contribution in [2.75, 3.05) is 20.1 Å². The lowest BCUT2D eigenvalue weighted by Gasteiger charge is -2.24. The molecular weight excluding hydrogens is 170 g/mol. The second-order valence-corrected chi connectivity index (χ2v) is 2.81. The van der Waals surface area contributed by atoms with Crippen LogP contribution in [0.15, 0.2) is 0 Å². The number of carbonyl (C=O) groups is 2. The van der Waals surface area contributed by atoms with Crippen LogP contribution in [0.1, 0.15) is 13.8 Å². The first-order chi connectivity index (χ1) is 6.02. The molecule has 0 bridgehead atoms. The fourth-order valence-corrected chi connectivity index (χ4v) is 0.966. The van der Waals surface area contributed by atoms with Gasteiger partial charge in [-0.25, -0.2) is 0 Å². The largest absolute Gasteiger partial charge is 0.368 e. The van der Waals surface area contributed by atoms with Crippen molar-refractivity contribution >= 4 is 11.8 Å². The average Bonchev–Trinajstić information content (AvgIpc) is 2.12. The minimum absolute atomic E-state index is 0.116. The fraction of sp³-hybridized carbons (Fsp3) is 0.750. The van der Waals surface area contributed by atoms with Crippen LogP contribution in [0.5, 0.6) is 0 Å². The number of nitrogens with two attached hydrogens (primary N) is 1. The molecule has 0 aromatic heterocycles. The van der Waals surface area contributed by atoms with Gasteiger partial charge in [0.25, 0.3) is 0 Å². The molecule has 0 aromatic carbocycles. The van der Waals surface area contributed by atoms with Crippen molar-refractivity contribution in [1.82, 2.24) is 10.2 Å². The van der Waals surface area contributed by atoms with Crippen molar-refractivity contribution in [3.05, 3.63) is 0 Å². The van der Waals surface area contributed by atoms with Crippen LogP contribution in [0.2, 0.25) is 0 Å². The van der Waals surface area contributed by atoms with Crippen molar-refractivity contribution in [3.8, 4) is 0 Å². The number of primary amides is 1. The van der Waals surface area contributed by atoms with Gasteiger partial charge in [0.15, 0.2) is 0 Å². The molecule has 5 nitrogen and oxygen atoms in total. The molecule has 0 radical (unpaired) electrons. The molecular formula is C8H17N3O2. The quantitative estimate of drug-likeness (QED) is 0.575. The lowest BCUT2D eigenvalue weighted by Crippen LogP contribution is -2.46. The van der Waals surface area contributed by atoms with E-state index in [4.69, 9.17) is 5.73 Å². The van der Waals surface area contributed by atoms with Crippen LogP contribution in [0.4, 0.5) is 0 Å². The molecule has 2 amide bonds. The van der Waals surface area contributed by atoms with E-state index >= 15 is 0 Å². The summed E-state index contributed by atoms with van der Waals surface area (Å²) in [5, 5.41) is 2.49. The summed E-state index contributed by atoms with van der Waals surface area (Å²) in [5.41, 5.74) is 5.12. The Bertz CT molecular complexity index is 194. The zero-order chi connectivity index (χ0) is 10.4. The van der Waals surface area contributed by atoms with E-state index in [1.807, 2.05) is 6.92 Å². The van der Waals surface area contributed by atoms with Gasteiger partial charge in [-0.2, -0.15) is 0 Å². The Balaban J connectivity index is 4.17. The second-order valence-electron chi connectivity index (χ2n) is 2.81. The third kappa shape index (κ3) is 3.89. The molecule has 3 N–H and O–H groups in total. The Kier molecular flexibility index (Phi) is 5.06. The maximum Gasteiger partial charge on any atom is 0.234 e. The van der Waals surface area contributed by atoms with E-state index in [0.29, 0.717) is 6.54 Å². The first-order valence-corrected chi connectivity index (χ1v) is 4.26. The summed E-state index contributed by atoms with van der Waals surface area (Å²) in [4.78, 5) is 23.5. The first kappa shape index (κ1) is 11.9. The van der Waals surface area contributed by atoms with Gasteiger partial charge in [0.2, 0.25) is 11.8 Å². The molecule has 1 unspecified atom stereocenters. The highest BCUT2D eigenvalue weighted by Gasteiger charge is 2.18. The lowest BCUT2D eigenvalue weighted by atomic mass is 10.2. The summed E-state index contributed by atoms with van der Waals surface area (Å²) in [6, 6.07) is -0.401. The van der Waals surface area contributed by atoms with Crippen molar-refractivity contribution in [2.24, 2.45) is 5.73 Å². The van der Waals surface area contributed by atoms with Crippen molar-refractivity contribution < 1.29 is 9.59 Å². The van der Waals surface area contributed by atoms with Crippen LogP contribution in [0.25, 0.3) is 0 Å². The van der Waals surface area contributed by atoms with Crippen LogP contribution in [-0.2, 0) is 9.59 Å². The van der Waals surface area contributed by atoms with Crippen LogP contribution >= 0.6 is 0 Å². The van der Waals surface area contributed by atoms with Crippen LogP contribution < -0.4 is 11.1 Å². The molecule has 13 heavy (non-hydrogen) atoms. The van der Waals surface area contributed by atoms with E-state index in [-0.39, 0.29) is 12.5 Å². The molecule has 0 rings (SSSR count). The number of hydrogen-bond acceptors (Lipinski definition) is 3. The number of nitrogens with zero attached hydrogens (tertiary/aromatic N) is 1. The molecule has 0 aliphatic rings. The molecule has 0 fully saturated rings. The highest BCUT2D eigenvalue weighted by molar-refractivity contribution is 5.81. The molecule has 0 heterocycles. The van der Waals surface area contributed by atoms with Gasteiger partial charge in [0.05, 0.1) is 12.6 Å². The van der Waals surface area contributed by atoms with Gasteiger partial charge < -0.3 is 11.1 Å². The molecule has 0 saturated carbocycles. The highest BCUT2D eigenvalue weighted by Crippen LogP contribution is 1.96. The fourth-order valence-electron chi connectivity index (χ4n) is 0.966. The molecule has 5 heteroatoms. The third-order valence-corrected chi connectivity index (χ3v) is 1.99. The Morgan fingerprint density at radius 2 is 2.08 bits per heavy atom. The van der Waals surface area contributed by atoms with Crippen LogP contribution in [0.3, 0.4) is 0 Å². The Morgan fingerprint density at radius 3 is 2.38 bits per heavy atom. The maximum atomic E-state index is 11.0. The van der Waals surface area contributed by atoms with Crippen molar-refractivity contribution in [1.29, 1.82) is 0 Å². The summed E-state index contributed by atoms with van der Waals surface area (Å²) in [7, 11) is 1.56. The molecule has 0 aliphatic heterocycles. The van der Waals surface area contributed by atoms with E-state index in [1.165, 1.54) is 0 Å². The minimum Gasteiger partial charge on any atom is -0.368 e. The Labute approximate surface area is 78.3 Å². The number of amides is 2. The van der Waals surface area contributed by atoms with E-state index in [9.17, 15) is 9.59 Å². The van der Waals surface area contributed by atoms with E-state index in [2.05, 4.69) is 5.32 Å². The van der Waals surface area contributed by atoms with Gasteiger partial charge in [-0.15, -0.1) is 0 Å². The molecule has 0 aliphatic carbocycles. The topological polar surface area (TPSA) is 75.4 Å². The van der Waals surface area contributed by atoms with E-state index in [1.54, 1.807) is 18.9 Å². The number of nitrogens with one attached hydrogen (secondary N) is 1. The lowest BCUT2D eigenvalue weighted by molar-refractivity contribution is -0.126. The summed E-state index contributed by atoms with van der Waals surface area (Å²) in [6.45, 7) is 4.39. The summed E-state index contributed by atoms with van der Waals surface area (Å²) < 4.78 is 0. The normalized spacial score (nSPS) is 12.6. The van der Waals surface area contributed by atoms with E-state index in [0.717, 1.165) is 0 Å². The van der Waals surface area contributed by atoms with E-state index < -0.39 is 11.9 Å². The molecule has 1 atom stereocenters.